The summed E-state index contributed by atoms with van der Waals surface area (Å²) >= 11 is 0. The highest BCUT2D eigenvalue weighted by Gasteiger charge is 2.16. The lowest BCUT2D eigenvalue weighted by Crippen LogP contribution is -1.90. The van der Waals surface area contributed by atoms with Gasteiger partial charge < -0.3 is 4.42 Å². The minimum Gasteiger partial charge on any atom is -0.456 e. The molecule has 1 heteroatoms. The van der Waals surface area contributed by atoms with Gasteiger partial charge in [-0.2, -0.15) is 0 Å². The monoisotopic (exact) mass is 546 g/mol. The van der Waals surface area contributed by atoms with Crippen molar-refractivity contribution < 1.29 is 4.42 Å². The highest BCUT2D eigenvalue weighted by molar-refractivity contribution is 6.29. The molecule has 0 bridgehead atoms. The summed E-state index contributed by atoms with van der Waals surface area (Å²) in [6.07, 6.45) is 0. The number of rotatable bonds is 3. The van der Waals surface area contributed by atoms with Crippen LogP contribution in [-0.2, 0) is 0 Å². The Morgan fingerprint density at radius 2 is 0.814 bits per heavy atom. The van der Waals surface area contributed by atoms with E-state index in [0.29, 0.717) is 0 Å². The van der Waals surface area contributed by atoms with Crippen LogP contribution in [0, 0.1) is 0 Å². The summed E-state index contributed by atoms with van der Waals surface area (Å²) in [7, 11) is 0. The molecule has 0 aliphatic rings. The Labute approximate surface area is 249 Å². The first-order valence-electron chi connectivity index (χ1n) is 14.8. The predicted molar refractivity (Wildman–Crippen MR) is 183 cm³/mol. The van der Waals surface area contributed by atoms with E-state index in [9.17, 15) is 0 Å². The van der Waals surface area contributed by atoms with Gasteiger partial charge in [0.15, 0.2) is 0 Å². The molecule has 9 aromatic rings. The Balaban J connectivity index is 1.30. The van der Waals surface area contributed by atoms with Crippen molar-refractivity contribution in [1.29, 1.82) is 0 Å². The van der Waals surface area contributed by atoms with Gasteiger partial charge in [0.05, 0.1) is 0 Å². The minimum absolute atomic E-state index is 0.919. The van der Waals surface area contributed by atoms with Gasteiger partial charge in [0, 0.05) is 10.8 Å². The van der Waals surface area contributed by atoms with E-state index in [0.717, 1.165) is 21.9 Å². The molecule has 1 heterocycles. The molecule has 0 aliphatic heterocycles. The SMILES string of the molecule is c1ccc(-c2cc(-c3cccc(-c4ccc5oc6ccccc6c5c4)c3)cc3c4ccccc4c4ccccc4c23)cc1. The third-order valence-corrected chi connectivity index (χ3v) is 8.83. The second kappa shape index (κ2) is 9.44. The topological polar surface area (TPSA) is 13.1 Å². The molecule has 0 saturated carbocycles. The van der Waals surface area contributed by atoms with Gasteiger partial charge in [-0.15, -0.1) is 0 Å². The summed E-state index contributed by atoms with van der Waals surface area (Å²) < 4.78 is 6.10. The zero-order valence-electron chi connectivity index (χ0n) is 23.4. The Morgan fingerprint density at radius 1 is 0.279 bits per heavy atom. The van der Waals surface area contributed by atoms with E-state index in [1.165, 1.54) is 65.7 Å². The molecule has 8 aromatic carbocycles. The van der Waals surface area contributed by atoms with Gasteiger partial charge in [0.1, 0.15) is 11.2 Å². The van der Waals surface area contributed by atoms with Crippen LogP contribution in [0.15, 0.2) is 162 Å². The quantitative estimate of drug-likeness (QED) is 0.201. The van der Waals surface area contributed by atoms with E-state index in [2.05, 4.69) is 146 Å². The maximum atomic E-state index is 6.10. The van der Waals surface area contributed by atoms with E-state index in [1.54, 1.807) is 0 Å². The summed E-state index contributed by atoms with van der Waals surface area (Å²) in [5.74, 6) is 0. The second-order valence-corrected chi connectivity index (χ2v) is 11.3. The first kappa shape index (κ1) is 24.0. The molecule has 0 atom stereocenters. The molecular weight excluding hydrogens is 520 g/mol. The summed E-state index contributed by atoms with van der Waals surface area (Å²) in [4.78, 5) is 0. The van der Waals surface area contributed by atoms with Gasteiger partial charge in [-0.1, -0.05) is 121 Å². The molecular formula is C42H26O. The molecule has 0 N–H and O–H groups in total. The fourth-order valence-electron chi connectivity index (χ4n) is 6.83. The van der Waals surface area contributed by atoms with Crippen LogP contribution < -0.4 is 0 Å². The molecule has 1 aromatic heterocycles. The standard InChI is InChI=1S/C42H26O/c1-2-11-27(12-3-1)37-25-31(26-39-34-17-5-4-15-32(34)33-16-6-7-19-36(33)42(37)39)29-14-10-13-28(23-29)30-21-22-41-38(24-30)35-18-8-9-20-40(35)43-41/h1-26H. The molecule has 0 unspecified atom stereocenters. The average molecular weight is 547 g/mol. The van der Waals surface area contributed by atoms with Gasteiger partial charge in [0.2, 0.25) is 0 Å². The summed E-state index contributed by atoms with van der Waals surface area (Å²) in [5, 5.41) is 10.0. The third-order valence-electron chi connectivity index (χ3n) is 8.83. The molecule has 0 aliphatic carbocycles. The van der Waals surface area contributed by atoms with Crippen LogP contribution in [0.4, 0.5) is 0 Å². The van der Waals surface area contributed by atoms with Crippen molar-refractivity contribution in [1.82, 2.24) is 0 Å². The fourth-order valence-corrected chi connectivity index (χ4v) is 6.83. The fraction of sp³-hybridized carbons (Fsp3) is 0. The van der Waals surface area contributed by atoms with Crippen molar-refractivity contribution in [2.75, 3.05) is 0 Å². The maximum Gasteiger partial charge on any atom is 0.135 e. The number of benzene rings is 8. The van der Waals surface area contributed by atoms with Crippen molar-refractivity contribution >= 4 is 54.3 Å². The Hall–Kier alpha value is -5.66. The van der Waals surface area contributed by atoms with Crippen LogP contribution in [-0.4, -0.2) is 0 Å². The van der Waals surface area contributed by atoms with Crippen molar-refractivity contribution in [3.8, 4) is 33.4 Å². The minimum atomic E-state index is 0.919. The van der Waals surface area contributed by atoms with Crippen LogP contribution in [0.25, 0.3) is 87.6 Å². The number of fused-ring (bicyclic) bond motifs is 9. The van der Waals surface area contributed by atoms with Crippen molar-refractivity contribution in [2.24, 2.45) is 0 Å². The number of furan rings is 1. The average Bonchev–Trinajstić information content (AvgIpc) is 3.46. The summed E-state index contributed by atoms with van der Waals surface area (Å²) in [6, 6.07) is 56.9. The number of para-hydroxylation sites is 1. The molecule has 0 saturated heterocycles. The van der Waals surface area contributed by atoms with E-state index >= 15 is 0 Å². The zero-order valence-corrected chi connectivity index (χ0v) is 23.4. The van der Waals surface area contributed by atoms with Crippen LogP contribution in [0.2, 0.25) is 0 Å². The first-order valence-corrected chi connectivity index (χ1v) is 14.8. The molecule has 43 heavy (non-hydrogen) atoms. The Kier molecular flexibility index (Phi) is 5.27. The largest absolute Gasteiger partial charge is 0.456 e. The number of hydrogen-bond donors (Lipinski definition) is 0. The Bertz CT molecular complexity index is 2500. The van der Waals surface area contributed by atoms with E-state index in [4.69, 9.17) is 4.42 Å². The van der Waals surface area contributed by atoms with E-state index in [1.807, 2.05) is 12.1 Å². The normalized spacial score (nSPS) is 11.7. The smallest absolute Gasteiger partial charge is 0.135 e. The molecule has 0 radical (unpaired) electrons. The lowest BCUT2D eigenvalue weighted by atomic mass is 9.86. The molecule has 0 spiro atoms. The lowest BCUT2D eigenvalue weighted by molar-refractivity contribution is 0.669. The highest BCUT2D eigenvalue weighted by Crippen LogP contribution is 2.43. The van der Waals surface area contributed by atoms with Gasteiger partial charge in [-0.25, -0.2) is 0 Å². The van der Waals surface area contributed by atoms with E-state index in [-0.39, 0.29) is 0 Å². The van der Waals surface area contributed by atoms with Gasteiger partial charge >= 0.3 is 0 Å². The number of hydrogen-bond acceptors (Lipinski definition) is 1. The summed E-state index contributed by atoms with van der Waals surface area (Å²) in [5.41, 5.74) is 9.11. The third kappa shape index (κ3) is 3.79. The van der Waals surface area contributed by atoms with E-state index < -0.39 is 0 Å². The molecule has 9 rings (SSSR count). The molecule has 0 fully saturated rings. The van der Waals surface area contributed by atoms with Gasteiger partial charge in [-0.05, 0) is 102 Å². The van der Waals surface area contributed by atoms with Crippen LogP contribution in [0.3, 0.4) is 0 Å². The van der Waals surface area contributed by atoms with Gasteiger partial charge in [0.25, 0.3) is 0 Å². The Morgan fingerprint density at radius 3 is 1.60 bits per heavy atom. The van der Waals surface area contributed by atoms with Crippen molar-refractivity contribution in [3.63, 3.8) is 0 Å². The van der Waals surface area contributed by atoms with Crippen LogP contribution >= 0.6 is 0 Å². The molecule has 1 nitrogen and oxygen atoms in total. The van der Waals surface area contributed by atoms with Crippen LogP contribution in [0.5, 0.6) is 0 Å². The summed E-state index contributed by atoms with van der Waals surface area (Å²) in [6.45, 7) is 0. The highest BCUT2D eigenvalue weighted by atomic mass is 16.3. The second-order valence-electron chi connectivity index (χ2n) is 11.3. The first-order chi connectivity index (χ1) is 21.3. The predicted octanol–water partition coefficient (Wildman–Crippen LogP) is 12.0. The maximum absolute atomic E-state index is 6.10. The zero-order chi connectivity index (χ0) is 28.3. The molecule has 200 valence electrons. The van der Waals surface area contributed by atoms with Crippen LogP contribution in [0.1, 0.15) is 0 Å². The van der Waals surface area contributed by atoms with Crippen molar-refractivity contribution in [2.45, 2.75) is 0 Å². The van der Waals surface area contributed by atoms with Gasteiger partial charge in [-0.3, -0.25) is 0 Å². The molecule has 0 amide bonds. The lowest BCUT2D eigenvalue weighted by Gasteiger charge is -2.17. The van der Waals surface area contributed by atoms with Crippen molar-refractivity contribution in [3.05, 3.63) is 158 Å².